The van der Waals surface area contributed by atoms with Gasteiger partial charge in [-0.05, 0) is 37.1 Å². The van der Waals surface area contributed by atoms with Crippen LogP contribution in [0.1, 0.15) is 12.8 Å². The molecule has 1 fully saturated rings. The van der Waals surface area contributed by atoms with E-state index in [9.17, 15) is 9.59 Å². The number of aromatic nitrogens is 2. The Bertz CT molecular complexity index is 1370. The third-order valence-electron chi connectivity index (χ3n) is 5.57. The first kappa shape index (κ1) is 21.5. The standard InChI is InChI=1S/C24H23N3O5S/c1-30-19-11-5-3-9-17(19)25-20(28)14-33-24-26-21-16-8-2-4-10-18(16)32-22(21)23(29)27(24)13-15-7-6-12-31-15/h2-5,8-11,15H,6-7,12-14H2,1H3,(H,25,28)/t15-/m0/s1. The van der Waals surface area contributed by atoms with Gasteiger partial charge in [0.2, 0.25) is 11.5 Å². The van der Waals surface area contributed by atoms with Crippen molar-refractivity contribution in [1.82, 2.24) is 9.55 Å². The van der Waals surface area contributed by atoms with Crippen molar-refractivity contribution >= 4 is 45.4 Å². The molecule has 2 aromatic carbocycles. The van der Waals surface area contributed by atoms with Crippen molar-refractivity contribution in [2.45, 2.75) is 30.6 Å². The summed E-state index contributed by atoms with van der Waals surface area (Å²) in [6.45, 7) is 1.05. The number of hydrogen-bond acceptors (Lipinski definition) is 7. The number of nitrogens with one attached hydrogen (secondary N) is 1. The highest BCUT2D eigenvalue weighted by molar-refractivity contribution is 7.99. The molecule has 0 saturated carbocycles. The maximum absolute atomic E-state index is 13.4. The van der Waals surface area contributed by atoms with Crippen LogP contribution in [0.15, 0.2) is 62.9 Å². The van der Waals surface area contributed by atoms with Crippen LogP contribution in [-0.4, -0.2) is 41.0 Å². The van der Waals surface area contributed by atoms with E-state index in [-0.39, 0.29) is 28.9 Å². The van der Waals surface area contributed by atoms with Crippen molar-refractivity contribution in [3.8, 4) is 5.75 Å². The van der Waals surface area contributed by atoms with Gasteiger partial charge in [-0.15, -0.1) is 0 Å². The van der Waals surface area contributed by atoms with E-state index < -0.39 is 0 Å². The summed E-state index contributed by atoms with van der Waals surface area (Å²) in [4.78, 5) is 30.8. The van der Waals surface area contributed by atoms with Crippen molar-refractivity contribution in [3.63, 3.8) is 0 Å². The Balaban J connectivity index is 1.46. The van der Waals surface area contributed by atoms with Gasteiger partial charge in [-0.25, -0.2) is 4.98 Å². The van der Waals surface area contributed by atoms with Gasteiger partial charge in [0.25, 0.3) is 5.56 Å². The molecule has 0 bridgehead atoms. The van der Waals surface area contributed by atoms with Crippen molar-refractivity contribution in [1.29, 1.82) is 0 Å². The molecule has 2 aromatic heterocycles. The lowest BCUT2D eigenvalue weighted by molar-refractivity contribution is -0.113. The average Bonchev–Trinajstić information content (AvgIpc) is 3.48. The molecule has 0 aliphatic carbocycles. The van der Waals surface area contributed by atoms with Crippen molar-refractivity contribution < 1.29 is 18.7 Å². The molecule has 0 spiro atoms. The van der Waals surface area contributed by atoms with E-state index in [0.29, 0.717) is 40.8 Å². The Labute approximate surface area is 193 Å². The predicted octanol–water partition coefficient (Wildman–Crippen LogP) is 4.06. The van der Waals surface area contributed by atoms with Crippen LogP contribution in [0.25, 0.3) is 22.1 Å². The zero-order valence-electron chi connectivity index (χ0n) is 18.1. The van der Waals surface area contributed by atoms with Gasteiger partial charge in [0.15, 0.2) is 5.16 Å². The molecular formula is C24H23N3O5S. The summed E-state index contributed by atoms with van der Waals surface area (Å²) in [6.07, 6.45) is 1.78. The van der Waals surface area contributed by atoms with Crippen LogP contribution in [0.4, 0.5) is 5.69 Å². The Morgan fingerprint density at radius 2 is 2.06 bits per heavy atom. The summed E-state index contributed by atoms with van der Waals surface area (Å²) < 4.78 is 18.4. The second kappa shape index (κ2) is 9.29. The van der Waals surface area contributed by atoms with Gasteiger partial charge in [-0.2, -0.15) is 0 Å². The highest BCUT2D eigenvalue weighted by Gasteiger charge is 2.23. The van der Waals surface area contributed by atoms with Crippen molar-refractivity contribution in [3.05, 3.63) is 58.9 Å². The maximum atomic E-state index is 13.4. The van der Waals surface area contributed by atoms with Gasteiger partial charge in [-0.1, -0.05) is 36.0 Å². The van der Waals surface area contributed by atoms with E-state index in [4.69, 9.17) is 18.9 Å². The summed E-state index contributed by atoms with van der Waals surface area (Å²) >= 11 is 1.21. The average molecular weight is 466 g/mol. The number of methoxy groups -OCH3 is 1. The molecule has 1 amide bonds. The number of carbonyl (C=O) groups is 1. The van der Waals surface area contributed by atoms with Crippen LogP contribution in [0.5, 0.6) is 5.75 Å². The first-order valence-corrected chi connectivity index (χ1v) is 11.7. The molecular weight excluding hydrogens is 442 g/mol. The topological polar surface area (TPSA) is 95.6 Å². The first-order valence-electron chi connectivity index (χ1n) is 10.7. The molecule has 1 atom stereocenters. The fourth-order valence-corrected chi connectivity index (χ4v) is 4.78. The summed E-state index contributed by atoms with van der Waals surface area (Å²) in [5, 5.41) is 4.09. The lowest BCUT2D eigenvalue weighted by Gasteiger charge is -2.15. The molecule has 170 valence electrons. The van der Waals surface area contributed by atoms with Crippen LogP contribution in [0.3, 0.4) is 0 Å². The zero-order valence-corrected chi connectivity index (χ0v) is 18.9. The number of furan rings is 1. The Morgan fingerprint density at radius 3 is 2.88 bits per heavy atom. The lowest BCUT2D eigenvalue weighted by Crippen LogP contribution is -2.29. The third-order valence-corrected chi connectivity index (χ3v) is 6.55. The van der Waals surface area contributed by atoms with Gasteiger partial charge in [0.1, 0.15) is 16.8 Å². The number of anilines is 1. The Morgan fingerprint density at radius 1 is 1.24 bits per heavy atom. The lowest BCUT2D eigenvalue weighted by atomic mass is 10.2. The van der Waals surface area contributed by atoms with Crippen LogP contribution >= 0.6 is 11.8 Å². The maximum Gasteiger partial charge on any atom is 0.297 e. The number of amides is 1. The number of nitrogens with zero attached hydrogens (tertiary/aromatic N) is 2. The highest BCUT2D eigenvalue weighted by atomic mass is 32.2. The number of rotatable bonds is 7. The molecule has 0 radical (unpaired) electrons. The number of carbonyl (C=O) groups excluding carboxylic acids is 1. The van der Waals surface area contributed by atoms with E-state index in [1.165, 1.54) is 11.8 Å². The predicted molar refractivity (Wildman–Crippen MR) is 127 cm³/mol. The molecule has 0 unspecified atom stereocenters. The van der Waals surface area contributed by atoms with Crippen LogP contribution in [0, 0.1) is 0 Å². The van der Waals surface area contributed by atoms with Gasteiger partial charge < -0.3 is 19.2 Å². The summed E-state index contributed by atoms with van der Waals surface area (Å²) in [6, 6.07) is 14.6. The van der Waals surface area contributed by atoms with E-state index in [1.807, 2.05) is 36.4 Å². The second-order valence-electron chi connectivity index (χ2n) is 7.76. The first-order chi connectivity index (χ1) is 16.1. The van der Waals surface area contributed by atoms with Gasteiger partial charge in [-0.3, -0.25) is 14.2 Å². The number of fused-ring (bicyclic) bond motifs is 3. The molecule has 5 rings (SSSR count). The Hall–Kier alpha value is -3.30. The van der Waals surface area contributed by atoms with Crippen molar-refractivity contribution in [2.75, 3.05) is 24.8 Å². The van der Waals surface area contributed by atoms with E-state index in [0.717, 1.165) is 18.2 Å². The number of hydrogen-bond donors (Lipinski definition) is 1. The summed E-state index contributed by atoms with van der Waals surface area (Å²) in [7, 11) is 1.55. The molecule has 1 aliphatic heterocycles. The second-order valence-corrected chi connectivity index (χ2v) is 8.70. The van der Waals surface area contributed by atoms with Crippen molar-refractivity contribution in [2.24, 2.45) is 0 Å². The van der Waals surface area contributed by atoms with Gasteiger partial charge in [0, 0.05) is 12.0 Å². The number of ether oxygens (including phenoxy) is 2. The van der Waals surface area contributed by atoms with Crippen LogP contribution in [0.2, 0.25) is 0 Å². The molecule has 3 heterocycles. The number of para-hydroxylation sites is 3. The summed E-state index contributed by atoms with van der Waals surface area (Å²) in [5.41, 5.74) is 1.66. The minimum atomic E-state index is -0.265. The zero-order chi connectivity index (χ0) is 22.8. The molecule has 9 heteroatoms. The number of benzene rings is 2. The number of thioether (sulfide) groups is 1. The van der Waals surface area contributed by atoms with Crippen LogP contribution < -0.4 is 15.6 Å². The van der Waals surface area contributed by atoms with E-state index in [2.05, 4.69) is 5.32 Å². The minimum Gasteiger partial charge on any atom is -0.495 e. The minimum absolute atomic E-state index is 0.0620. The smallest absolute Gasteiger partial charge is 0.297 e. The molecule has 33 heavy (non-hydrogen) atoms. The summed E-state index contributed by atoms with van der Waals surface area (Å²) in [5.74, 6) is 0.437. The molecule has 8 nitrogen and oxygen atoms in total. The van der Waals surface area contributed by atoms with Crippen LogP contribution in [-0.2, 0) is 16.1 Å². The quantitative estimate of drug-likeness (QED) is 0.325. The van der Waals surface area contributed by atoms with Gasteiger partial charge >= 0.3 is 0 Å². The highest BCUT2D eigenvalue weighted by Crippen LogP contribution is 2.28. The molecule has 1 saturated heterocycles. The molecule has 1 N–H and O–H groups in total. The molecule has 4 aromatic rings. The van der Waals surface area contributed by atoms with E-state index in [1.54, 1.807) is 23.8 Å². The van der Waals surface area contributed by atoms with Gasteiger partial charge in [0.05, 0.1) is 31.2 Å². The fourth-order valence-electron chi connectivity index (χ4n) is 3.98. The molecule has 1 aliphatic rings. The largest absolute Gasteiger partial charge is 0.495 e. The fraction of sp³-hybridized carbons (Fsp3) is 0.292. The SMILES string of the molecule is COc1ccccc1NC(=O)CSc1nc2c(oc3ccccc32)c(=O)n1C[C@@H]1CCCO1. The normalized spacial score (nSPS) is 15.8. The Kier molecular flexibility index (Phi) is 6.06. The third kappa shape index (κ3) is 4.34. The van der Waals surface area contributed by atoms with E-state index >= 15 is 0 Å². The monoisotopic (exact) mass is 465 g/mol.